The fourth-order valence-corrected chi connectivity index (χ4v) is 3.50. The van der Waals surface area contributed by atoms with E-state index in [0.717, 1.165) is 25.7 Å². The van der Waals surface area contributed by atoms with Gasteiger partial charge in [0.15, 0.2) is 0 Å². The minimum Gasteiger partial charge on any atom is -0.481 e. The predicted octanol–water partition coefficient (Wildman–Crippen LogP) is 2.99. The molecule has 0 bridgehead atoms. The monoisotopic (exact) mass is 402 g/mol. The molecule has 0 fully saturated rings. The first-order chi connectivity index (χ1) is 13.2. The molecule has 0 aromatic heterocycles. The van der Waals surface area contributed by atoms with Crippen molar-refractivity contribution in [3.8, 4) is 0 Å². The summed E-state index contributed by atoms with van der Waals surface area (Å²) in [6, 6.07) is -0.756. The molecular weight excluding hydrogens is 364 g/mol. The summed E-state index contributed by atoms with van der Waals surface area (Å²) < 4.78 is 0. The van der Waals surface area contributed by atoms with Crippen molar-refractivity contribution in [2.75, 3.05) is 6.54 Å². The summed E-state index contributed by atoms with van der Waals surface area (Å²) >= 11 is 0. The maximum atomic E-state index is 11.3. The second kappa shape index (κ2) is 15.3. The van der Waals surface area contributed by atoms with Crippen LogP contribution in [0.2, 0.25) is 0 Å². The molecule has 1 unspecified atom stereocenters. The van der Waals surface area contributed by atoms with Crippen LogP contribution in [0.25, 0.3) is 0 Å². The van der Waals surface area contributed by atoms with E-state index < -0.39 is 48.9 Å². The predicted molar refractivity (Wildman–Crippen MR) is 107 cm³/mol. The van der Waals surface area contributed by atoms with Gasteiger partial charge in [-0.05, 0) is 6.42 Å². The molecule has 8 nitrogen and oxygen atoms in total. The van der Waals surface area contributed by atoms with Gasteiger partial charge in [0.2, 0.25) is 0 Å². The van der Waals surface area contributed by atoms with E-state index in [0.29, 0.717) is 6.42 Å². The molecule has 0 heterocycles. The lowest BCUT2D eigenvalue weighted by Crippen LogP contribution is -2.61. The van der Waals surface area contributed by atoms with Crippen LogP contribution in [0, 0.1) is 0 Å². The molecule has 28 heavy (non-hydrogen) atoms. The summed E-state index contributed by atoms with van der Waals surface area (Å²) in [4.78, 5) is 33.4. The number of hydrogen-bond acceptors (Lipinski definition) is 5. The fourth-order valence-electron chi connectivity index (χ4n) is 3.50. The zero-order chi connectivity index (χ0) is 21.4. The van der Waals surface area contributed by atoms with Crippen molar-refractivity contribution in [2.24, 2.45) is 5.73 Å². The van der Waals surface area contributed by atoms with Crippen LogP contribution in [-0.4, -0.2) is 51.4 Å². The number of carbonyl (C=O) groups is 3. The Hall–Kier alpha value is -1.67. The molecule has 0 amide bonds. The molecular formula is C20H38N2O6. The van der Waals surface area contributed by atoms with Crippen LogP contribution in [0.1, 0.15) is 90.4 Å². The zero-order valence-corrected chi connectivity index (χ0v) is 17.1. The van der Waals surface area contributed by atoms with E-state index in [2.05, 4.69) is 12.2 Å². The summed E-state index contributed by atoms with van der Waals surface area (Å²) in [7, 11) is 0. The van der Waals surface area contributed by atoms with Gasteiger partial charge in [-0.1, -0.05) is 71.1 Å². The molecule has 0 aliphatic carbocycles. The molecule has 0 aromatic rings. The number of carboxylic acids is 3. The quantitative estimate of drug-likeness (QED) is 0.207. The second-order valence-electron chi connectivity index (χ2n) is 7.62. The number of aliphatic carboxylic acids is 3. The number of hydrogen-bond donors (Lipinski definition) is 5. The van der Waals surface area contributed by atoms with Crippen molar-refractivity contribution in [3.05, 3.63) is 0 Å². The van der Waals surface area contributed by atoms with Gasteiger partial charge in [0.25, 0.3) is 0 Å². The molecule has 0 saturated heterocycles. The fraction of sp³-hybridized carbons (Fsp3) is 0.850. The Morgan fingerprint density at radius 2 is 1.21 bits per heavy atom. The van der Waals surface area contributed by atoms with E-state index in [1.807, 2.05) is 0 Å². The molecule has 6 N–H and O–H groups in total. The summed E-state index contributed by atoms with van der Waals surface area (Å²) in [5, 5.41) is 29.9. The van der Waals surface area contributed by atoms with E-state index >= 15 is 0 Å². The Morgan fingerprint density at radius 3 is 1.61 bits per heavy atom. The number of unbranched alkanes of at least 4 members (excludes halogenated alkanes) is 9. The van der Waals surface area contributed by atoms with Gasteiger partial charge in [-0.2, -0.15) is 0 Å². The smallest absolute Gasteiger partial charge is 0.317 e. The first-order valence-corrected chi connectivity index (χ1v) is 10.4. The summed E-state index contributed by atoms with van der Waals surface area (Å²) in [5.41, 5.74) is 4.69. The maximum absolute atomic E-state index is 11.3. The third kappa shape index (κ3) is 12.7. The van der Waals surface area contributed by atoms with Gasteiger partial charge in [-0.3, -0.25) is 19.7 Å². The van der Waals surface area contributed by atoms with Crippen molar-refractivity contribution >= 4 is 17.9 Å². The van der Waals surface area contributed by atoms with E-state index in [1.165, 1.54) is 38.5 Å². The van der Waals surface area contributed by atoms with E-state index in [4.69, 9.17) is 10.8 Å². The van der Waals surface area contributed by atoms with Crippen molar-refractivity contribution in [1.29, 1.82) is 0 Å². The minimum atomic E-state index is -1.48. The van der Waals surface area contributed by atoms with Crippen LogP contribution in [0.4, 0.5) is 0 Å². The van der Waals surface area contributed by atoms with Crippen LogP contribution >= 0.6 is 0 Å². The summed E-state index contributed by atoms with van der Waals surface area (Å²) in [5.74, 6) is -3.61. The van der Waals surface area contributed by atoms with Gasteiger partial charge < -0.3 is 21.1 Å². The van der Waals surface area contributed by atoms with Gasteiger partial charge in [0.05, 0.1) is 24.9 Å². The highest BCUT2D eigenvalue weighted by atomic mass is 16.4. The number of nitrogens with one attached hydrogen (secondary N) is 1. The SMILES string of the molecule is CCCCCCCCCCCCC(N)C(CC(=O)O)(CC(=O)O)NCC(=O)O. The van der Waals surface area contributed by atoms with E-state index in [9.17, 15) is 24.6 Å². The lowest BCUT2D eigenvalue weighted by molar-refractivity contribution is -0.144. The summed E-state index contributed by atoms with van der Waals surface area (Å²) in [6.45, 7) is 1.66. The van der Waals surface area contributed by atoms with Gasteiger partial charge in [-0.25, -0.2) is 0 Å². The zero-order valence-electron chi connectivity index (χ0n) is 17.1. The minimum absolute atomic E-state index is 0.448. The van der Waals surface area contributed by atoms with Crippen LogP contribution in [0.15, 0.2) is 0 Å². The van der Waals surface area contributed by atoms with E-state index in [1.54, 1.807) is 0 Å². The van der Waals surface area contributed by atoms with Crippen LogP contribution in [-0.2, 0) is 14.4 Å². The normalized spacial score (nSPS) is 12.6. The Kier molecular flexibility index (Phi) is 14.4. The number of carboxylic acid groups (broad SMARTS) is 3. The van der Waals surface area contributed by atoms with E-state index in [-0.39, 0.29) is 0 Å². The average molecular weight is 403 g/mol. The van der Waals surface area contributed by atoms with Gasteiger partial charge in [-0.15, -0.1) is 0 Å². The van der Waals surface area contributed by atoms with Crippen molar-refractivity contribution in [3.63, 3.8) is 0 Å². The van der Waals surface area contributed by atoms with Crippen molar-refractivity contribution in [2.45, 2.75) is 102 Å². The molecule has 0 saturated carbocycles. The molecule has 0 aliphatic heterocycles. The first-order valence-electron chi connectivity index (χ1n) is 10.4. The number of nitrogens with two attached hydrogens (primary N) is 1. The highest BCUT2D eigenvalue weighted by Crippen LogP contribution is 2.24. The average Bonchev–Trinajstić information content (AvgIpc) is 2.60. The van der Waals surface area contributed by atoms with Crippen molar-refractivity contribution < 1.29 is 29.7 Å². The Morgan fingerprint density at radius 1 is 0.786 bits per heavy atom. The van der Waals surface area contributed by atoms with Crippen LogP contribution in [0.5, 0.6) is 0 Å². The topological polar surface area (TPSA) is 150 Å². The highest BCUT2D eigenvalue weighted by Gasteiger charge is 2.40. The largest absolute Gasteiger partial charge is 0.481 e. The Labute approximate surface area is 167 Å². The lowest BCUT2D eigenvalue weighted by Gasteiger charge is -2.37. The molecule has 0 radical (unpaired) electrons. The van der Waals surface area contributed by atoms with Crippen LogP contribution < -0.4 is 11.1 Å². The second-order valence-corrected chi connectivity index (χ2v) is 7.62. The highest BCUT2D eigenvalue weighted by molar-refractivity contribution is 5.74. The third-order valence-corrected chi connectivity index (χ3v) is 5.10. The molecule has 0 aliphatic rings. The molecule has 0 aromatic carbocycles. The number of rotatable bonds is 19. The Balaban J connectivity index is 4.45. The molecule has 0 rings (SSSR count). The lowest BCUT2D eigenvalue weighted by atomic mass is 9.81. The summed E-state index contributed by atoms with van der Waals surface area (Å²) in [6.07, 6.45) is 10.9. The Bertz CT molecular complexity index is 454. The standard InChI is InChI=1S/C20H38N2O6/c1-2-3-4-5-6-7-8-9-10-11-12-16(21)20(13-17(23)24,14-18(25)26)22-15-19(27)28/h16,22H,2-15,21H2,1H3,(H,23,24)(H,25,26)(H,27,28). The molecule has 8 heteroatoms. The van der Waals surface area contributed by atoms with Gasteiger partial charge >= 0.3 is 17.9 Å². The molecule has 1 atom stereocenters. The molecule has 164 valence electrons. The molecule has 0 spiro atoms. The van der Waals surface area contributed by atoms with Gasteiger partial charge in [0, 0.05) is 6.04 Å². The third-order valence-electron chi connectivity index (χ3n) is 5.10. The van der Waals surface area contributed by atoms with Crippen LogP contribution in [0.3, 0.4) is 0 Å². The van der Waals surface area contributed by atoms with Gasteiger partial charge in [0.1, 0.15) is 0 Å². The van der Waals surface area contributed by atoms with Crippen molar-refractivity contribution in [1.82, 2.24) is 5.32 Å². The first kappa shape index (κ1) is 26.3. The maximum Gasteiger partial charge on any atom is 0.317 e.